The number of amides is 1. The van der Waals surface area contributed by atoms with Crippen LogP contribution in [-0.2, 0) is 33.4 Å². The molecule has 0 aromatic carbocycles. The van der Waals surface area contributed by atoms with Gasteiger partial charge in [-0.15, -0.1) is 0 Å². The molecule has 0 aromatic heterocycles. The summed E-state index contributed by atoms with van der Waals surface area (Å²) in [5.41, 5.74) is -0.901. The Kier molecular flexibility index (Phi) is 38.1. The first-order chi connectivity index (χ1) is 28.5. The van der Waals surface area contributed by atoms with Gasteiger partial charge in [-0.2, -0.15) is 0 Å². The quantitative estimate of drug-likeness (QED) is 0.0280. The number of ether oxygens (including phenoxy) is 3. The van der Waals surface area contributed by atoms with Gasteiger partial charge < -0.3 is 24.4 Å². The maximum absolute atomic E-state index is 13.3. The molecule has 0 saturated carbocycles. The predicted octanol–water partition coefficient (Wildman–Crippen LogP) is 12.6. The largest absolute Gasteiger partial charge is 0.465 e. The zero-order valence-corrected chi connectivity index (χ0v) is 39.7. The second-order valence-electron chi connectivity index (χ2n) is 18.1. The van der Waals surface area contributed by atoms with Gasteiger partial charge in [-0.1, -0.05) is 162 Å². The number of rotatable bonds is 42. The average molecular weight is 835 g/mol. The molecule has 0 aliphatic heterocycles. The van der Waals surface area contributed by atoms with Crippen molar-refractivity contribution in [1.29, 1.82) is 0 Å². The third kappa shape index (κ3) is 36.0. The summed E-state index contributed by atoms with van der Waals surface area (Å²) in [5, 5.41) is 2.90. The standard InChI is InChI=1S/C50H94N2O7/c1-8-11-14-16-17-18-19-20-21-22-23-24-25-30-34-39-47(55)59-48(49(56)51-40-41-52(6)7)50(4,5)43-58-46(54)38-33-29-27-26-28-32-37-45(53)57-42-44(35-13-10-3)36-31-15-12-9-2/h20-21,44,48H,8-19,22-43H2,1-7H3,(H,51,56)/b21-20-. The maximum Gasteiger partial charge on any atom is 0.306 e. The van der Waals surface area contributed by atoms with Crippen LogP contribution in [0.4, 0.5) is 0 Å². The van der Waals surface area contributed by atoms with E-state index in [0.717, 1.165) is 89.9 Å². The van der Waals surface area contributed by atoms with Crippen molar-refractivity contribution in [2.45, 2.75) is 233 Å². The molecular formula is C50H94N2O7. The van der Waals surface area contributed by atoms with Gasteiger partial charge in [0.05, 0.1) is 6.61 Å². The Hall–Kier alpha value is -2.42. The van der Waals surface area contributed by atoms with Crippen LogP contribution in [0.1, 0.15) is 227 Å². The van der Waals surface area contributed by atoms with Crippen molar-refractivity contribution < 1.29 is 33.4 Å². The highest BCUT2D eigenvalue weighted by Gasteiger charge is 2.39. The van der Waals surface area contributed by atoms with Crippen LogP contribution in [0.25, 0.3) is 0 Å². The van der Waals surface area contributed by atoms with Crippen LogP contribution < -0.4 is 5.32 Å². The SMILES string of the molecule is CCCCCCCC/C=C\CCCCCCCC(=O)OC(C(=O)NCCN(C)C)C(C)(C)COC(=O)CCCCCCCCC(=O)OCC(CCCC)CCCCCC. The Morgan fingerprint density at radius 1 is 0.559 bits per heavy atom. The normalized spacial score (nSPS) is 12.8. The van der Waals surface area contributed by atoms with Crippen molar-refractivity contribution in [1.82, 2.24) is 10.2 Å². The lowest BCUT2D eigenvalue weighted by Gasteiger charge is -2.32. The molecule has 0 aliphatic rings. The Morgan fingerprint density at radius 3 is 1.53 bits per heavy atom. The summed E-state index contributed by atoms with van der Waals surface area (Å²) >= 11 is 0. The molecule has 0 aliphatic carbocycles. The molecule has 0 spiro atoms. The van der Waals surface area contributed by atoms with Crippen molar-refractivity contribution in [2.75, 3.05) is 40.4 Å². The van der Waals surface area contributed by atoms with E-state index in [9.17, 15) is 19.2 Å². The number of hydrogen-bond acceptors (Lipinski definition) is 8. The van der Waals surface area contributed by atoms with E-state index in [1.54, 1.807) is 13.8 Å². The maximum atomic E-state index is 13.3. The van der Waals surface area contributed by atoms with E-state index in [1.807, 2.05) is 19.0 Å². The Bertz CT molecular complexity index is 1060. The van der Waals surface area contributed by atoms with Crippen LogP contribution >= 0.6 is 0 Å². The summed E-state index contributed by atoms with van der Waals surface area (Å²) < 4.78 is 17.1. The fourth-order valence-electron chi connectivity index (χ4n) is 7.20. The van der Waals surface area contributed by atoms with Gasteiger partial charge in [-0.25, -0.2) is 0 Å². The molecule has 1 amide bonds. The van der Waals surface area contributed by atoms with Crippen LogP contribution in [0.5, 0.6) is 0 Å². The topological polar surface area (TPSA) is 111 Å². The Labute approximate surface area is 363 Å². The third-order valence-electron chi connectivity index (χ3n) is 11.2. The number of carbonyl (C=O) groups is 4. The summed E-state index contributed by atoms with van der Waals surface area (Å²) in [6, 6.07) is 0. The molecule has 0 bridgehead atoms. The molecule has 59 heavy (non-hydrogen) atoms. The second-order valence-corrected chi connectivity index (χ2v) is 18.1. The minimum atomic E-state index is -1.07. The molecule has 9 nitrogen and oxygen atoms in total. The van der Waals surface area contributed by atoms with E-state index in [-0.39, 0.29) is 30.9 Å². The number of allylic oxidation sites excluding steroid dienone is 2. The molecular weight excluding hydrogens is 741 g/mol. The number of nitrogens with one attached hydrogen (secondary N) is 1. The van der Waals surface area contributed by atoms with E-state index in [2.05, 4.69) is 38.2 Å². The lowest BCUT2D eigenvalue weighted by atomic mass is 9.86. The lowest BCUT2D eigenvalue weighted by molar-refractivity contribution is -0.169. The number of likely N-dealkylation sites (N-methyl/N-ethyl adjacent to an activating group) is 1. The van der Waals surface area contributed by atoms with Gasteiger partial charge in [0.1, 0.15) is 6.61 Å². The molecule has 0 fully saturated rings. The van der Waals surface area contributed by atoms with Gasteiger partial charge in [0.25, 0.3) is 5.91 Å². The first kappa shape index (κ1) is 56.6. The van der Waals surface area contributed by atoms with E-state index < -0.39 is 17.5 Å². The Balaban J connectivity index is 4.46. The highest BCUT2D eigenvalue weighted by atomic mass is 16.6. The molecule has 0 heterocycles. The summed E-state index contributed by atoms with van der Waals surface area (Å²) in [7, 11) is 3.86. The molecule has 9 heteroatoms. The van der Waals surface area contributed by atoms with Crippen LogP contribution in [0.3, 0.4) is 0 Å². The van der Waals surface area contributed by atoms with Crippen molar-refractivity contribution >= 4 is 23.8 Å². The molecule has 0 radical (unpaired) electrons. The number of unbranched alkanes of at least 4 members (excludes halogenated alkanes) is 20. The van der Waals surface area contributed by atoms with E-state index in [4.69, 9.17) is 14.2 Å². The van der Waals surface area contributed by atoms with Gasteiger partial charge in [0.2, 0.25) is 0 Å². The van der Waals surface area contributed by atoms with Crippen LogP contribution in [0.15, 0.2) is 12.2 Å². The van der Waals surface area contributed by atoms with Gasteiger partial charge in [0, 0.05) is 37.8 Å². The summed E-state index contributed by atoms with van der Waals surface area (Å²) in [4.78, 5) is 53.3. The molecule has 2 unspecified atom stereocenters. The number of nitrogens with zero attached hydrogens (tertiary/aromatic N) is 1. The number of hydrogen-bond donors (Lipinski definition) is 1. The van der Waals surface area contributed by atoms with Gasteiger partial charge >= 0.3 is 17.9 Å². The number of esters is 3. The van der Waals surface area contributed by atoms with Crippen molar-refractivity contribution in [3.63, 3.8) is 0 Å². The van der Waals surface area contributed by atoms with Gasteiger partial charge in [-0.05, 0) is 77.8 Å². The minimum absolute atomic E-state index is 0.0212. The van der Waals surface area contributed by atoms with Crippen molar-refractivity contribution in [3.05, 3.63) is 12.2 Å². The monoisotopic (exact) mass is 835 g/mol. The van der Waals surface area contributed by atoms with E-state index in [1.165, 1.54) is 83.5 Å². The molecule has 1 N–H and O–H groups in total. The fraction of sp³-hybridized carbons (Fsp3) is 0.880. The fourth-order valence-corrected chi connectivity index (χ4v) is 7.20. The molecule has 0 rings (SSSR count). The molecule has 346 valence electrons. The minimum Gasteiger partial charge on any atom is -0.465 e. The Morgan fingerprint density at radius 2 is 1.00 bits per heavy atom. The van der Waals surface area contributed by atoms with Crippen LogP contribution in [0, 0.1) is 11.3 Å². The summed E-state index contributed by atoms with van der Waals surface area (Å²) in [5.74, 6) is -0.659. The summed E-state index contributed by atoms with van der Waals surface area (Å²) in [6.07, 6.45) is 35.1. The first-order valence-corrected chi connectivity index (χ1v) is 24.5. The van der Waals surface area contributed by atoms with Gasteiger partial charge in [-0.3, -0.25) is 19.2 Å². The van der Waals surface area contributed by atoms with E-state index >= 15 is 0 Å². The second kappa shape index (κ2) is 39.7. The van der Waals surface area contributed by atoms with Crippen molar-refractivity contribution in [3.8, 4) is 0 Å². The van der Waals surface area contributed by atoms with Crippen LogP contribution in [0.2, 0.25) is 0 Å². The number of carbonyl (C=O) groups excluding carboxylic acids is 4. The zero-order chi connectivity index (χ0) is 43.8. The third-order valence-corrected chi connectivity index (χ3v) is 11.2. The highest BCUT2D eigenvalue weighted by molar-refractivity contribution is 5.84. The van der Waals surface area contributed by atoms with Gasteiger partial charge in [0.15, 0.2) is 6.10 Å². The molecule has 0 aromatic rings. The predicted molar refractivity (Wildman–Crippen MR) is 245 cm³/mol. The van der Waals surface area contributed by atoms with Crippen molar-refractivity contribution in [2.24, 2.45) is 11.3 Å². The average Bonchev–Trinajstić information content (AvgIpc) is 3.20. The van der Waals surface area contributed by atoms with Crippen LogP contribution in [-0.4, -0.2) is 75.2 Å². The lowest BCUT2D eigenvalue weighted by Crippen LogP contribution is -2.49. The molecule has 0 saturated heterocycles. The van der Waals surface area contributed by atoms with E-state index in [0.29, 0.717) is 38.5 Å². The smallest absolute Gasteiger partial charge is 0.306 e. The first-order valence-electron chi connectivity index (χ1n) is 24.5. The summed E-state index contributed by atoms with van der Waals surface area (Å²) in [6.45, 7) is 11.9. The molecule has 2 atom stereocenters. The highest BCUT2D eigenvalue weighted by Crippen LogP contribution is 2.26. The zero-order valence-electron chi connectivity index (χ0n) is 39.7.